The molecule has 0 fully saturated rings. The van der Waals surface area contributed by atoms with Crippen LogP contribution in [0.1, 0.15) is 22.3 Å². The van der Waals surface area contributed by atoms with E-state index in [0.717, 1.165) is 0 Å². The van der Waals surface area contributed by atoms with Crippen molar-refractivity contribution in [1.29, 1.82) is 0 Å². The molecule has 0 N–H and O–H groups in total. The van der Waals surface area contributed by atoms with Crippen LogP contribution < -0.4 is 24.8 Å². The van der Waals surface area contributed by atoms with Crippen LogP contribution in [0.4, 0.5) is 0 Å². The Kier molecular flexibility index (Phi) is 11.2. The number of halogens is 4. The monoisotopic (exact) mass is 784 g/mol. The van der Waals surface area contributed by atoms with Crippen molar-refractivity contribution in [3.05, 3.63) is 116 Å². The summed E-state index contributed by atoms with van der Waals surface area (Å²) in [7, 11) is 0. The minimum atomic E-state index is 0. The van der Waals surface area contributed by atoms with Crippen LogP contribution in [0.2, 0.25) is 0 Å². The van der Waals surface area contributed by atoms with E-state index >= 15 is 0 Å². The summed E-state index contributed by atoms with van der Waals surface area (Å²) in [5.74, 6) is 0. The number of fused-ring (bicyclic) bond motifs is 4. The zero-order chi connectivity index (χ0) is 25.8. The van der Waals surface area contributed by atoms with Crippen molar-refractivity contribution >= 4 is 65.2 Å². The second-order valence-electron chi connectivity index (χ2n) is 9.95. The first-order chi connectivity index (χ1) is 17.8. The molecule has 0 aromatic heterocycles. The summed E-state index contributed by atoms with van der Waals surface area (Å²) in [6, 6.07) is 31.0. The van der Waals surface area contributed by atoms with E-state index in [4.69, 9.17) is 0 Å². The fraction of sp³-hybridized carbons (Fsp3) is 0.118. The standard InChI is InChI=1S/C17H12BrS.C17H14Br.2ClH.Zr/c1-9-5-13-14(6-9)17(18)15-8-16(13)19-11-3-4-12(15)10(2)7-11;1-11-9-13-7-8-15(17(18)16(13)10-11)14-6-4-3-5-12(14)2;;;/h3-8H,1-2H3;3-10H,1-2H3;2*1H;/q2*-1;;;+4/p-2. The largest absolute Gasteiger partial charge is 4.00 e. The predicted molar refractivity (Wildman–Crippen MR) is 168 cm³/mol. The Morgan fingerprint density at radius 2 is 1.23 bits per heavy atom. The van der Waals surface area contributed by atoms with E-state index in [9.17, 15) is 0 Å². The minimum absolute atomic E-state index is 0. The first kappa shape index (κ1) is 33.4. The molecule has 0 aliphatic carbocycles. The van der Waals surface area contributed by atoms with Gasteiger partial charge in [0.2, 0.25) is 0 Å². The Hall–Kier alpha value is -1.13. The van der Waals surface area contributed by atoms with Gasteiger partial charge in [0.15, 0.2) is 0 Å². The van der Waals surface area contributed by atoms with Gasteiger partial charge in [-0.1, -0.05) is 56.3 Å². The van der Waals surface area contributed by atoms with E-state index in [2.05, 4.69) is 144 Å². The fourth-order valence-corrected chi connectivity index (χ4v) is 7.77. The zero-order valence-electron chi connectivity index (χ0n) is 22.5. The summed E-state index contributed by atoms with van der Waals surface area (Å²) in [5, 5.41) is 5.29. The third-order valence-corrected chi connectivity index (χ3v) is 9.92. The number of benzene rings is 4. The third-order valence-electron chi connectivity index (χ3n) is 7.17. The molecule has 2 heterocycles. The van der Waals surface area contributed by atoms with Gasteiger partial charge in [0.1, 0.15) is 0 Å². The maximum atomic E-state index is 3.81. The van der Waals surface area contributed by atoms with Crippen molar-refractivity contribution < 1.29 is 51.0 Å². The van der Waals surface area contributed by atoms with Crippen molar-refractivity contribution in [3.8, 4) is 22.3 Å². The molecule has 0 spiro atoms. The van der Waals surface area contributed by atoms with Crippen molar-refractivity contribution in [1.82, 2.24) is 0 Å². The summed E-state index contributed by atoms with van der Waals surface area (Å²) >= 11 is 9.44. The van der Waals surface area contributed by atoms with Gasteiger partial charge < -0.3 is 24.8 Å². The van der Waals surface area contributed by atoms with Crippen molar-refractivity contribution in [2.75, 3.05) is 0 Å². The van der Waals surface area contributed by atoms with Crippen LogP contribution >= 0.6 is 43.6 Å². The summed E-state index contributed by atoms with van der Waals surface area (Å²) in [5.41, 5.74) is 10.5. The van der Waals surface area contributed by atoms with Crippen LogP contribution in [-0.4, -0.2) is 0 Å². The van der Waals surface area contributed by atoms with Gasteiger partial charge in [-0.25, -0.2) is 0 Å². The fourth-order valence-electron chi connectivity index (χ4n) is 5.34. The van der Waals surface area contributed by atoms with Crippen LogP contribution in [-0.2, 0) is 26.2 Å². The Balaban J connectivity index is 0.000000205. The van der Waals surface area contributed by atoms with Crippen LogP contribution in [0.5, 0.6) is 0 Å². The average Bonchev–Trinajstić information content (AvgIpc) is 3.44. The van der Waals surface area contributed by atoms with Gasteiger partial charge in [-0.05, 0) is 73.2 Å². The molecule has 40 heavy (non-hydrogen) atoms. The molecule has 8 rings (SSSR count). The molecule has 0 radical (unpaired) electrons. The topological polar surface area (TPSA) is 0 Å². The molecule has 6 heteroatoms. The van der Waals surface area contributed by atoms with Crippen molar-refractivity contribution in [3.63, 3.8) is 0 Å². The number of hydrogen-bond acceptors (Lipinski definition) is 1. The second-order valence-corrected chi connectivity index (χ2v) is 12.7. The second kappa shape index (κ2) is 13.5. The molecule has 0 atom stereocenters. The van der Waals surface area contributed by atoms with E-state index in [1.54, 1.807) is 0 Å². The molecule has 200 valence electrons. The van der Waals surface area contributed by atoms with Gasteiger partial charge >= 0.3 is 26.2 Å². The Labute approximate surface area is 289 Å². The Morgan fingerprint density at radius 1 is 0.600 bits per heavy atom. The van der Waals surface area contributed by atoms with Crippen LogP contribution in [0, 0.1) is 27.7 Å². The summed E-state index contributed by atoms with van der Waals surface area (Å²) in [4.78, 5) is 2.69. The summed E-state index contributed by atoms with van der Waals surface area (Å²) in [6.07, 6.45) is 0. The van der Waals surface area contributed by atoms with Gasteiger partial charge in [-0.15, -0.1) is 94.5 Å². The molecular formula is C34H26Br2Cl2SZr. The normalized spacial score (nSPS) is 11.1. The number of rotatable bonds is 1. The predicted octanol–water partition coefficient (Wildman–Crippen LogP) is 5.68. The molecular weight excluding hydrogens is 762 g/mol. The Morgan fingerprint density at radius 3 is 1.95 bits per heavy atom. The van der Waals surface area contributed by atoms with Crippen molar-refractivity contribution in [2.45, 2.75) is 37.5 Å². The number of aryl methyl sites for hydroxylation is 4. The first-order valence-electron chi connectivity index (χ1n) is 12.4. The van der Waals surface area contributed by atoms with Gasteiger partial charge in [-0.2, -0.15) is 12.1 Å². The average molecular weight is 789 g/mol. The first-order valence-corrected chi connectivity index (χ1v) is 14.8. The molecule has 0 saturated heterocycles. The molecule has 6 aromatic rings. The van der Waals surface area contributed by atoms with E-state index in [1.165, 1.54) is 84.8 Å². The van der Waals surface area contributed by atoms with Crippen molar-refractivity contribution in [2.24, 2.45) is 0 Å². The molecule has 2 aliphatic rings. The summed E-state index contributed by atoms with van der Waals surface area (Å²) < 4.78 is 2.42. The molecule has 2 aliphatic heterocycles. The van der Waals surface area contributed by atoms with Gasteiger partial charge in [0, 0.05) is 4.90 Å². The van der Waals surface area contributed by atoms with Crippen LogP contribution in [0.15, 0.2) is 104 Å². The third kappa shape index (κ3) is 6.15. The van der Waals surface area contributed by atoms with E-state index in [1.807, 2.05) is 11.8 Å². The van der Waals surface area contributed by atoms with Gasteiger partial charge in [-0.3, -0.25) is 0 Å². The Bertz CT molecular complexity index is 1830. The molecule has 0 saturated carbocycles. The molecule has 4 bridgehead atoms. The SMILES string of the molecule is Cc1cc2c3cc(c(Br)c2[cH-]1)-c1ccc(cc1C)S3.Cc1cc2ccc(-c3ccccc3C)c(Br)c2[cH-]1.[Cl-].[Cl-].[Zr+4]. The van der Waals surface area contributed by atoms with Gasteiger partial charge in [0.25, 0.3) is 0 Å². The minimum Gasteiger partial charge on any atom is -1.00 e. The molecule has 0 amide bonds. The molecule has 0 nitrogen and oxygen atoms in total. The maximum absolute atomic E-state index is 3.81. The molecule has 6 aromatic carbocycles. The quantitative estimate of drug-likeness (QED) is 0.193. The maximum Gasteiger partial charge on any atom is 4.00 e. The molecule has 0 unspecified atom stereocenters. The summed E-state index contributed by atoms with van der Waals surface area (Å²) in [6.45, 7) is 8.65. The van der Waals surface area contributed by atoms with Crippen LogP contribution in [0.25, 0.3) is 43.8 Å². The van der Waals surface area contributed by atoms with E-state index < -0.39 is 0 Å². The van der Waals surface area contributed by atoms with Crippen LogP contribution in [0.3, 0.4) is 0 Å². The van der Waals surface area contributed by atoms with E-state index in [0.29, 0.717) is 0 Å². The smallest absolute Gasteiger partial charge is 1.00 e. The van der Waals surface area contributed by atoms with E-state index in [-0.39, 0.29) is 51.0 Å². The van der Waals surface area contributed by atoms with Gasteiger partial charge in [0.05, 0.1) is 0 Å². The number of hydrogen-bond donors (Lipinski definition) is 0. The zero-order valence-corrected chi connectivity index (χ0v) is 30.5.